The maximum atomic E-state index is 6.09. The largest absolute Gasteiger partial charge is 0.382 e. The van der Waals surface area contributed by atoms with Gasteiger partial charge in [-0.3, -0.25) is 0 Å². The molecule has 1 heterocycles. The summed E-state index contributed by atoms with van der Waals surface area (Å²) in [6.07, 6.45) is 0. The van der Waals surface area contributed by atoms with Crippen LogP contribution in [0.25, 0.3) is 22.5 Å². The van der Waals surface area contributed by atoms with Crippen LogP contribution in [-0.4, -0.2) is 9.97 Å². The average Bonchev–Trinajstić information content (AvgIpc) is 2.57. The quantitative estimate of drug-likeness (QED) is 0.729. The molecule has 0 fully saturated rings. The van der Waals surface area contributed by atoms with Crippen molar-refractivity contribution in [3.05, 3.63) is 66.4 Å². The Hall–Kier alpha value is -3.12. The number of rotatable bonds is 2. The number of nitrogens with zero attached hydrogens (tertiary/aromatic N) is 2. The highest BCUT2D eigenvalue weighted by Crippen LogP contribution is 2.28. The summed E-state index contributed by atoms with van der Waals surface area (Å²) in [5.41, 5.74) is 10.0. The van der Waals surface area contributed by atoms with Gasteiger partial charge in [0.2, 0.25) is 0 Å². The van der Waals surface area contributed by atoms with E-state index in [-0.39, 0.29) is 0 Å². The van der Waals surface area contributed by atoms with E-state index in [2.05, 4.69) is 16.8 Å². The Morgan fingerprint density at radius 2 is 1.32 bits per heavy atom. The molecular weight excluding hydrogens is 270 g/mol. The van der Waals surface area contributed by atoms with Gasteiger partial charge in [-0.1, -0.05) is 66.6 Å². The predicted molar refractivity (Wildman–Crippen MR) is 89.9 cm³/mol. The molecule has 0 radical (unpaired) electrons. The zero-order valence-electron chi connectivity index (χ0n) is 12.2. The number of hydrogen-bond acceptors (Lipinski definition) is 3. The van der Waals surface area contributed by atoms with E-state index in [9.17, 15) is 0 Å². The lowest BCUT2D eigenvalue weighted by molar-refractivity contribution is 1.19. The molecule has 2 aromatic carbocycles. The third kappa shape index (κ3) is 2.68. The standard InChI is InChI=1S/C19H15N3/c1-2-9-16-17(14-10-5-3-6-11-14)22-18(19(20)21-16)15-12-7-4-8-13-15/h3-8,10-13H,1H3,(H2,20,21). The van der Waals surface area contributed by atoms with Crippen molar-refractivity contribution in [2.24, 2.45) is 0 Å². The van der Waals surface area contributed by atoms with E-state index < -0.39 is 0 Å². The first kappa shape index (κ1) is 13.8. The SMILES string of the molecule is CC#Cc1nc(N)c(-c2ccccc2)nc1-c1ccccc1. The lowest BCUT2D eigenvalue weighted by Gasteiger charge is -2.10. The van der Waals surface area contributed by atoms with Gasteiger partial charge in [0.05, 0.1) is 0 Å². The van der Waals surface area contributed by atoms with Crippen molar-refractivity contribution in [3.8, 4) is 34.4 Å². The van der Waals surface area contributed by atoms with Crippen LogP contribution < -0.4 is 5.73 Å². The van der Waals surface area contributed by atoms with E-state index >= 15 is 0 Å². The second kappa shape index (κ2) is 6.11. The first-order valence-corrected chi connectivity index (χ1v) is 7.00. The fourth-order valence-corrected chi connectivity index (χ4v) is 2.26. The molecule has 0 unspecified atom stereocenters. The number of nitrogens with two attached hydrogens (primary N) is 1. The van der Waals surface area contributed by atoms with Crippen molar-refractivity contribution in [2.45, 2.75) is 6.92 Å². The van der Waals surface area contributed by atoms with Crippen molar-refractivity contribution in [2.75, 3.05) is 5.73 Å². The van der Waals surface area contributed by atoms with Crippen LogP contribution in [0.3, 0.4) is 0 Å². The molecule has 0 amide bonds. The van der Waals surface area contributed by atoms with Crippen LogP contribution in [0.2, 0.25) is 0 Å². The molecule has 0 spiro atoms. The Labute approximate surface area is 129 Å². The molecule has 3 rings (SSSR count). The van der Waals surface area contributed by atoms with Gasteiger partial charge in [0.25, 0.3) is 0 Å². The minimum absolute atomic E-state index is 0.392. The summed E-state index contributed by atoms with van der Waals surface area (Å²) in [5.74, 6) is 6.26. The Kier molecular flexibility index (Phi) is 3.84. The molecule has 0 saturated carbocycles. The number of benzene rings is 2. The monoisotopic (exact) mass is 285 g/mol. The van der Waals surface area contributed by atoms with Gasteiger partial charge < -0.3 is 5.73 Å². The number of aromatic nitrogens is 2. The molecule has 3 aromatic rings. The molecule has 0 aliphatic heterocycles. The molecule has 3 nitrogen and oxygen atoms in total. The highest BCUT2D eigenvalue weighted by atomic mass is 14.9. The zero-order valence-corrected chi connectivity index (χ0v) is 12.2. The van der Waals surface area contributed by atoms with Gasteiger partial charge in [-0.05, 0) is 12.8 Å². The first-order chi connectivity index (χ1) is 10.8. The Morgan fingerprint density at radius 1 is 0.773 bits per heavy atom. The highest BCUT2D eigenvalue weighted by Gasteiger charge is 2.13. The third-order valence-electron chi connectivity index (χ3n) is 3.26. The van der Waals surface area contributed by atoms with E-state index in [0.717, 1.165) is 16.8 Å². The number of anilines is 1. The molecule has 0 aliphatic carbocycles. The minimum atomic E-state index is 0.392. The fraction of sp³-hybridized carbons (Fsp3) is 0.0526. The van der Waals surface area contributed by atoms with E-state index in [1.165, 1.54) is 0 Å². The van der Waals surface area contributed by atoms with Crippen LogP contribution in [-0.2, 0) is 0 Å². The fourth-order valence-electron chi connectivity index (χ4n) is 2.26. The van der Waals surface area contributed by atoms with Gasteiger partial charge in [-0.2, -0.15) is 0 Å². The van der Waals surface area contributed by atoms with Gasteiger partial charge >= 0.3 is 0 Å². The van der Waals surface area contributed by atoms with Gasteiger partial charge in [-0.15, -0.1) is 0 Å². The summed E-state index contributed by atoms with van der Waals surface area (Å²) in [6, 6.07) is 19.7. The molecule has 3 heteroatoms. The van der Waals surface area contributed by atoms with Crippen molar-refractivity contribution < 1.29 is 0 Å². The van der Waals surface area contributed by atoms with Crippen molar-refractivity contribution in [1.82, 2.24) is 9.97 Å². The topological polar surface area (TPSA) is 51.8 Å². The Bertz CT molecular complexity index is 844. The molecule has 0 atom stereocenters. The minimum Gasteiger partial charge on any atom is -0.382 e. The second-order valence-electron chi connectivity index (χ2n) is 4.76. The van der Waals surface area contributed by atoms with Crippen LogP contribution in [0, 0.1) is 11.8 Å². The van der Waals surface area contributed by atoms with Crippen LogP contribution in [0.4, 0.5) is 5.82 Å². The van der Waals surface area contributed by atoms with E-state index in [0.29, 0.717) is 17.2 Å². The summed E-state index contributed by atoms with van der Waals surface area (Å²) in [5, 5.41) is 0. The summed E-state index contributed by atoms with van der Waals surface area (Å²) < 4.78 is 0. The Balaban J connectivity index is 2.24. The van der Waals surface area contributed by atoms with Crippen LogP contribution >= 0.6 is 0 Å². The maximum absolute atomic E-state index is 6.09. The second-order valence-corrected chi connectivity index (χ2v) is 4.76. The molecule has 106 valence electrons. The van der Waals surface area contributed by atoms with E-state index in [1.54, 1.807) is 6.92 Å². The normalized spacial score (nSPS) is 9.86. The van der Waals surface area contributed by atoms with Gasteiger partial charge in [-0.25, -0.2) is 9.97 Å². The summed E-state index contributed by atoms with van der Waals surface area (Å²) in [6.45, 7) is 1.78. The average molecular weight is 285 g/mol. The van der Waals surface area contributed by atoms with Crippen LogP contribution in [0.1, 0.15) is 12.6 Å². The van der Waals surface area contributed by atoms with Gasteiger partial charge in [0, 0.05) is 11.1 Å². The molecular formula is C19H15N3. The molecule has 0 saturated heterocycles. The van der Waals surface area contributed by atoms with Crippen LogP contribution in [0.5, 0.6) is 0 Å². The molecule has 22 heavy (non-hydrogen) atoms. The smallest absolute Gasteiger partial charge is 0.151 e. The predicted octanol–water partition coefficient (Wildman–Crippen LogP) is 3.76. The number of hydrogen-bond donors (Lipinski definition) is 1. The maximum Gasteiger partial charge on any atom is 0.151 e. The summed E-state index contributed by atoms with van der Waals surface area (Å²) in [7, 11) is 0. The lowest BCUT2D eigenvalue weighted by Crippen LogP contribution is -2.03. The lowest BCUT2D eigenvalue weighted by atomic mass is 10.1. The van der Waals surface area contributed by atoms with Crippen molar-refractivity contribution in [1.29, 1.82) is 0 Å². The molecule has 2 N–H and O–H groups in total. The summed E-state index contributed by atoms with van der Waals surface area (Å²) >= 11 is 0. The zero-order chi connectivity index (χ0) is 15.4. The van der Waals surface area contributed by atoms with E-state index in [1.807, 2.05) is 60.7 Å². The molecule has 1 aromatic heterocycles. The Morgan fingerprint density at radius 3 is 1.86 bits per heavy atom. The van der Waals surface area contributed by atoms with Gasteiger partial charge in [0.15, 0.2) is 5.82 Å². The van der Waals surface area contributed by atoms with Crippen molar-refractivity contribution in [3.63, 3.8) is 0 Å². The van der Waals surface area contributed by atoms with Crippen LogP contribution in [0.15, 0.2) is 60.7 Å². The summed E-state index contributed by atoms with van der Waals surface area (Å²) in [4.78, 5) is 9.20. The van der Waals surface area contributed by atoms with E-state index in [4.69, 9.17) is 10.7 Å². The van der Waals surface area contributed by atoms with Gasteiger partial charge in [0.1, 0.15) is 17.1 Å². The first-order valence-electron chi connectivity index (χ1n) is 7.00. The number of nitrogen functional groups attached to an aromatic ring is 1. The molecule has 0 bridgehead atoms. The highest BCUT2D eigenvalue weighted by molar-refractivity contribution is 5.75. The third-order valence-corrected chi connectivity index (χ3v) is 3.26. The molecule has 0 aliphatic rings. The van der Waals surface area contributed by atoms with Crippen molar-refractivity contribution >= 4 is 5.82 Å².